The van der Waals surface area contributed by atoms with Crippen LogP contribution in [0.5, 0.6) is 0 Å². The molecule has 0 bridgehead atoms. The van der Waals surface area contributed by atoms with Crippen LogP contribution < -0.4 is 0 Å². The van der Waals surface area contributed by atoms with Gasteiger partial charge >= 0.3 is 0 Å². The molecule has 6 heteroatoms. The van der Waals surface area contributed by atoms with Crippen LogP contribution in [0.2, 0.25) is 0 Å². The molecule has 1 aromatic carbocycles. The van der Waals surface area contributed by atoms with Gasteiger partial charge in [0.05, 0.1) is 4.90 Å². The maximum Gasteiger partial charge on any atom is 0.254 e. The highest BCUT2D eigenvalue weighted by atomic mass is 32.2. The Balaban J connectivity index is 1.70. The number of likely N-dealkylation sites (tertiary alicyclic amines) is 2. The summed E-state index contributed by atoms with van der Waals surface area (Å²) in [5.74, 6) is 0.0201. The van der Waals surface area contributed by atoms with Crippen LogP contribution in [0.25, 0.3) is 0 Å². The Morgan fingerprint density at radius 2 is 1.74 bits per heavy atom. The Hall–Kier alpha value is -1.40. The van der Waals surface area contributed by atoms with Crippen molar-refractivity contribution >= 4 is 15.7 Å². The molecule has 0 radical (unpaired) electrons. The van der Waals surface area contributed by atoms with Gasteiger partial charge in [-0.25, -0.2) is 8.42 Å². The monoisotopic (exact) mass is 336 g/mol. The van der Waals surface area contributed by atoms with Gasteiger partial charge in [0.1, 0.15) is 0 Å². The van der Waals surface area contributed by atoms with E-state index in [1.54, 1.807) is 12.1 Å². The molecule has 2 fully saturated rings. The van der Waals surface area contributed by atoms with E-state index in [9.17, 15) is 13.2 Å². The fraction of sp³-hybridized carbons (Fsp3) is 0.588. The Bertz CT molecular complexity index is 664. The third-order valence-corrected chi connectivity index (χ3v) is 5.96. The van der Waals surface area contributed by atoms with Crippen molar-refractivity contribution in [2.75, 3.05) is 32.4 Å². The molecule has 2 aliphatic rings. The zero-order valence-corrected chi connectivity index (χ0v) is 14.4. The highest BCUT2D eigenvalue weighted by molar-refractivity contribution is 7.90. The molecule has 1 atom stereocenters. The van der Waals surface area contributed by atoms with Crippen molar-refractivity contribution in [3.63, 3.8) is 0 Å². The van der Waals surface area contributed by atoms with E-state index >= 15 is 0 Å². The third kappa shape index (κ3) is 3.75. The first-order valence-electron chi connectivity index (χ1n) is 8.28. The normalized spacial score (nSPS) is 22.7. The van der Waals surface area contributed by atoms with Gasteiger partial charge in [-0.15, -0.1) is 0 Å². The first kappa shape index (κ1) is 16.5. The topological polar surface area (TPSA) is 57.7 Å². The van der Waals surface area contributed by atoms with Gasteiger partial charge in [0.25, 0.3) is 5.91 Å². The smallest absolute Gasteiger partial charge is 0.254 e. The maximum atomic E-state index is 12.8. The predicted molar refractivity (Wildman–Crippen MR) is 89.3 cm³/mol. The molecule has 126 valence electrons. The van der Waals surface area contributed by atoms with Gasteiger partial charge in [0.15, 0.2) is 9.84 Å². The van der Waals surface area contributed by atoms with Crippen LogP contribution in [0.15, 0.2) is 29.2 Å². The van der Waals surface area contributed by atoms with E-state index in [-0.39, 0.29) is 16.8 Å². The lowest BCUT2D eigenvalue weighted by Crippen LogP contribution is -2.42. The summed E-state index contributed by atoms with van der Waals surface area (Å²) < 4.78 is 23.0. The molecule has 0 saturated carbocycles. The van der Waals surface area contributed by atoms with Gasteiger partial charge in [0, 0.05) is 31.0 Å². The SMILES string of the molecule is CS(=O)(=O)c1ccc(C(=O)N2CCC[C@H]2CN2CCCC2)cc1. The fourth-order valence-corrected chi connectivity index (χ4v) is 4.20. The quantitative estimate of drug-likeness (QED) is 0.841. The van der Waals surface area contributed by atoms with Crippen LogP contribution in [0.1, 0.15) is 36.0 Å². The number of benzene rings is 1. The van der Waals surface area contributed by atoms with Gasteiger partial charge in [-0.3, -0.25) is 4.79 Å². The minimum Gasteiger partial charge on any atom is -0.334 e. The van der Waals surface area contributed by atoms with E-state index in [1.807, 2.05) is 4.90 Å². The number of amides is 1. The maximum absolute atomic E-state index is 12.8. The van der Waals surface area contributed by atoms with Crippen LogP contribution in [-0.2, 0) is 9.84 Å². The molecule has 0 N–H and O–H groups in total. The minimum absolute atomic E-state index is 0.0201. The summed E-state index contributed by atoms with van der Waals surface area (Å²) in [6, 6.07) is 6.59. The van der Waals surface area contributed by atoms with Crippen LogP contribution in [0, 0.1) is 0 Å². The summed E-state index contributed by atoms with van der Waals surface area (Å²) in [5.41, 5.74) is 0.575. The van der Waals surface area contributed by atoms with E-state index in [1.165, 1.54) is 31.2 Å². The van der Waals surface area contributed by atoms with Gasteiger partial charge in [-0.2, -0.15) is 0 Å². The largest absolute Gasteiger partial charge is 0.334 e. The Labute approximate surface area is 138 Å². The predicted octanol–water partition coefficient (Wildman–Crippen LogP) is 1.79. The highest BCUT2D eigenvalue weighted by Crippen LogP contribution is 2.23. The number of carbonyl (C=O) groups excluding carboxylic acids is 1. The van der Waals surface area contributed by atoms with Crippen molar-refractivity contribution in [3.8, 4) is 0 Å². The molecule has 0 aromatic heterocycles. The fourth-order valence-electron chi connectivity index (χ4n) is 3.57. The van der Waals surface area contributed by atoms with E-state index in [2.05, 4.69) is 4.90 Å². The van der Waals surface area contributed by atoms with Crippen molar-refractivity contribution in [3.05, 3.63) is 29.8 Å². The van der Waals surface area contributed by atoms with Crippen molar-refractivity contribution < 1.29 is 13.2 Å². The van der Waals surface area contributed by atoms with E-state index in [0.717, 1.165) is 39.0 Å². The first-order valence-corrected chi connectivity index (χ1v) is 10.2. The van der Waals surface area contributed by atoms with Gasteiger partial charge in [-0.05, 0) is 63.0 Å². The molecule has 0 spiro atoms. The van der Waals surface area contributed by atoms with Crippen molar-refractivity contribution in [2.24, 2.45) is 0 Å². The van der Waals surface area contributed by atoms with Gasteiger partial charge < -0.3 is 9.80 Å². The van der Waals surface area contributed by atoms with Crippen molar-refractivity contribution in [1.29, 1.82) is 0 Å². The summed E-state index contributed by atoms with van der Waals surface area (Å²) in [6.07, 6.45) is 5.80. The summed E-state index contributed by atoms with van der Waals surface area (Å²) in [6.45, 7) is 4.04. The van der Waals surface area contributed by atoms with Crippen LogP contribution in [0.4, 0.5) is 0 Å². The Morgan fingerprint density at radius 1 is 1.09 bits per heavy atom. The Morgan fingerprint density at radius 3 is 2.35 bits per heavy atom. The molecule has 1 amide bonds. The molecule has 2 heterocycles. The van der Waals surface area contributed by atoms with E-state index in [4.69, 9.17) is 0 Å². The second-order valence-corrected chi connectivity index (χ2v) is 8.61. The van der Waals surface area contributed by atoms with Gasteiger partial charge in [0.2, 0.25) is 0 Å². The average molecular weight is 336 g/mol. The van der Waals surface area contributed by atoms with E-state index < -0.39 is 9.84 Å². The van der Waals surface area contributed by atoms with Gasteiger partial charge in [-0.1, -0.05) is 0 Å². The zero-order valence-electron chi connectivity index (χ0n) is 13.6. The lowest BCUT2D eigenvalue weighted by Gasteiger charge is -2.28. The van der Waals surface area contributed by atoms with Crippen LogP contribution >= 0.6 is 0 Å². The lowest BCUT2D eigenvalue weighted by atomic mass is 10.1. The first-order chi connectivity index (χ1) is 10.9. The van der Waals surface area contributed by atoms with Crippen molar-refractivity contribution in [2.45, 2.75) is 36.6 Å². The number of nitrogens with zero attached hydrogens (tertiary/aromatic N) is 2. The molecule has 3 rings (SSSR count). The molecule has 23 heavy (non-hydrogen) atoms. The van der Waals surface area contributed by atoms with Crippen LogP contribution in [0.3, 0.4) is 0 Å². The van der Waals surface area contributed by atoms with E-state index in [0.29, 0.717) is 5.56 Å². The molecule has 2 saturated heterocycles. The number of hydrogen-bond acceptors (Lipinski definition) is 4. The minimum atomic E-state index is -3.22. The number of sulfone groups is 1. The molecule has 2 aliphatic heterocycles. The average Bonchev–Trinajstić information content (AvgIpc) is 3.18. The molecule has 0 aliphatic carbocycles. The standard InChI is InChI=1S/C17H24N2O3S/c1-23(21,22)16-8-6-14(7-9-16)17(20)19-12-4-5-15(19)13-18-10-2-3-11-18/h6-9,15H,2-5,10-13H2,1H3/t15-/m0/s1. The Kier molecular flexibility index (Phi) is 4.73. The second kappa shape index (κ2) is 6.61. The van der Waals surface area contributed by atoms with Crippen molar-refractivity contribution in [1.82, 2.24) is 9.80 Å². The summed E-state index contributed by atoms with van der Waals surface area (Å²) in [4.78, 5) is 17.4. The lowest BCUT2D eigenvalue weighted by molar-refractivity contribution is 0.0708. The summed E-state index contributed by atoms with van der Waals surface area (Å²) in [5, 5.41) is 0. The summed E-state index contributed by atoms with van der Waals surface area (Å²) in [7, 11) is -3.22. The molecule has 1 aromatic rings. The number of carbonyl (C=O) groups is 1. The molecular weight excluding hydrogens is 312 g/mol. The number of rotatable bonds is 4. The molecule has 5 nitrogen and oxygen atoms in total. The second-order valence-electron chi connectivity index (χ2n) is 6.60. The molecular formula is C17H24N2O3S. The number of hydrogen-bond donors (Lipinski definition) is 0. The van der Waals surface area contributed by atoms with Crippen LogP contribution in [-0.4, -0.2) is 62.6 Å². The zero-order chi connectivity index (χ0) is 16.4. The third-order valence-electron chi connectivity index (χ3n) is 4.84. The highest BCUT2D eigenvalue weighted by Gasteiger charge is 2.31. The molecule has 0 unspecified atom stereocenters. The summed E-state index contributed by atoms with van der Waals surface area (Å²) >= 11 is 0.